The number of benzene rings is 1. The van der Waals surface area contributed by atoms with E-state index in [1.807, 2.05) is 0 Å². The molecule has 1 atom stereocenters. The zero-order valence-electron chi connectivity index (χ0n) is 13.5. The average molecular weight is 394 g/mol. The summed E-state index contributed by atoms with van der Waals surface area (Å²) < 4.78 is 90.5. The van der Waals surface area contributed by atoms with Gasteiger partial charge in [0.25, 0.3) is 0 Å². The van der Waals surface area contributed by atoms with Gasteiger partial charge in [0.2, 0.25) is 0 Å². The van der Waals surface area contributed by atoms with E-state index in [4.69, 9.17) is 0 Å². The van der Waals surface area contributed by atoms with Gasteiger partial charge in [-0.3, -0.25) is 0 Å². The van der Waals surface area contributed by atoms with Crippen LogP contribution in [0.5, 0.6) is 0 Å². The molecule has 0 radical (unpaired) electrons. The molecule has 3 rings (SSSR count). The van der Waals surface area contributed by atoms with E-state index < -0.39 is 47.3 Å². The molecule has 0 saturated carbocycles. The van der Waals surface area contributed by atoms with Gasteiger partial charge in [-0.15, -0.1) is 0 Å². The molecule has 0 aliphatic heterocycles. The molecular formula is C17H13F7N2O. The number of aromatic nitrogens is 1. The van der Waals surface area contributed by atoms with Crippen LogP contribution >= 0.6 is 0 Å². The average Bonchev–Trinajstić information content (AvgIpc) is 2.93. The van der Waals surface area contributed by atoms with Crippen molar-refractivity contribution in [2.75, 3.05) is 11.9 Å². The van der Waals surface area contributed by atoms with Gasteiger partial charge in [-0.25, -0.2) is 9.37 Å². The molecule has 0 unspecified atom stereocenters. The Labute approximate surface area is 148 Å². The molecule has 2 N–H and O–H groups in total. The molecule has 1 heterocycles. The van der Waals surface area contributed by atoms with Crippen molar-refractivity contribution in [1.29, 1.82) is 0 Å². The van der Waals surface area contributed by atoms with Gasteiger partial charge in [-0.1, -0.05) is 6.07 Å². The van der Waals surface area contributed by atoms with E-state index in [0.717, 1.165) is 12.1 Å². The minimum absolute atomic E-state index is 0.127. The van der Waals surface area contributed by atoms with Gasteiger partial charge >= 0.3 is 12.4 Å². The summed E-state index contributed by atoms with van der Waals surface area (Å²) in [5, 5.41) is 12.4. The maximum absolute atomic E-state index is 14.1. The fraction of sp³-hybridized carbons (Fsp3) is 0.353. The van der Waals surface area contributed by atoms with Gasteiger partial charge in [0.1, 0.15) is 0 Å². The number of anilines is 1. The Bertz CT molecular complexity index is 863. The van der Waals surface area contributed by atoms with Crippen LogP contribution in [-0.2, 0) is 24.3 Å². The second kappa shape index (κ2) is 6.36. The predicted octanol–water partition coefficient (Wildman–Crippen LogP) is 4.50. The Morgan fingerprint density at radius 2 is 1.70 bits per heavy atom. The lowest BCUT2D eigenvalue weighted by molar-refractivity contribution is -0.138. The molecule has 3 nitrogen and oxygen atoms in total. The Morgan fingerprint density at radius 3 is 2.26 bits per heavy atom. The SMILES string of the molecule is OC[C@]1(Nc2ncc(C(F)(F)F)cc2F)CCc2cc(C(F)(F)F)ccc21. The van der Waals surface area contributed by atoms with Crippen molar-refractivity contribution in [3.63, 3.8) is 0 Å². The van der Waals surface area contributed by atoms with Crippen molar-refractivity contribution in [1.82, 2.24) is 4.98 Å². The Morgan fingerprint density at radius 1 is 1.04 bits per heavy atom. The molecule has 27 heavy (non-hydrogen) atoms. The normalized spacial score (nSPS) is 19.9. The van der Waals surface area contributed by atoms with Crippen LogP contribution in [0.1, 0.15) is 28.7 Å². The molecule has 10 heteroatoms. The van der Waals surface area contributed by atoms with Crippen molar-refractivity contribution in [2.45, 2.75) is 30.7 Å². The standard InChI is InChI=1S/C17H13F7N2O/c18-13-6-11(17(22,23)24)7-25-14(13)26-15(8-27)4-3-9-5-10(16(19,20)21)1-2-12(9)15/h1-2,5-7,27H,3-4,8H2,(H,25,26)/t15-/m1/s1. The first-order chi connectivity index (χ1) is 12.5. The number of hydrogen-bond acceptors (Lipinski definition) is 3. The zero-order chi connectivity index (χ0) is 20.0. The Hall–Kier alpha value is -2.36. The number of fused-ring (bicyclic) bond motifs is 1. The van der Waals surface area contributed by atoms with E-state index >= 15 is 0 Å². The number of aliphatic hydroxyl groups excluding tert-OH is 1. The monoisotopic (exact) mass is 394 g/mol. The smallest absolute Gasteiger partial charge is 0.394 e. The summed E-state index contributed by atoms with van der Waals surface area (Å²) in [4.78, 5) is 3.43. The summed E-state index contributed by atoms with van der Waals surface area (Å²) in [5.74, 6) is -1.80. The fourth-order valence-corrected chi connectivity index (χ4v) is 3.17. The van der Waals surface area contributed by atoms with Crippen LogP contribution in [0.25, 0.3) is 0 Å². The number of aliphatic hydroxyl groups is 1. The van der Waals surface area contributed by atoms with Crippen LogP contribution in [0.3, 0.4) is 0 Å². The first kappa shape index (κ1) is 19.4. The number of halogens is 7. The van der Waals surface area contributed by atoms with E-state index in [-0.39, 0.29) is 18.9 Å². The van der Waals surface area contributed by atoms with Gasteiger partial charge in [-0.05, 0) is 42.2 Å². The molecule has 0 fully saturated rings. The maximum atomic E-state index is 14.1. The molecule has 0 spiro atoms. The van der Waals surface area contributed by atoms with Crippen LogP contribution in [0.2, 0.25) is 0 Å². The summed E-state index contributed by atoms with van der Waals surface area (Å²) in [6, 6.07) is 3.23. The first-order valence-corrected chi connectivity index (χ1v) is 7.79. The third-order valence-electron chi connectivity index (χ3n) is 4.57. The second-order valence-electron chi connectivity index (χ2n) is 6.29. The van der Waals surface area contributed by atoms with Gasteiger partial charge in [0, 0.05) is 6.20 Å². The highest BCUT2D eigenvalue weighted by molar-refractivity contribution is 5.50. The van der Waals surface area contributed by atoms with Crippen LogP contribution in [-0.4, -0.2) is 16.7 Å². The topological polar surface area (TPSA) is 45.1 Å². The fourth-order valence-electron chi connectivity index (χ4n) is 3.17. The van der Waals surface area contributed by atoms with Gasteiger partial charge in [0.15, 0.2) is 11.6 Å². The van der Waals surface area contributed by atoms with E-state index in [2.05, 4.69) is 10.3 Å². The van der Waals surface area contributed by atoms with Crippen LogP contribution in [0, 0.1) is 5.82 Å². The number of nitrogens with one attached hydrogen (secondary N) is 1. The van der Waals surface area contributed by atoms with Crippen molar-refractivity contribution >= 4 is 5.82 Å². The summed E-state index contributed by atoms with van der Waals surface area (Å²) in [6.45, 7) is -0.604. The molecule has 1 aliphatic carbocycles. The lowest BCUT2D eigenvalue weighted by Crippen LogP contribution is -2.37. The zero-order valence-corrected chi connectivity index (χ0v) is 13.5. The van der Waals surface area contributed by atoms with Gasteiger partial charge in [-0.2, -0.15) is 26.3 Å². The van der Waals surface area contributed by atoms with Crippen molar-refractivity contribution in [2.24, 2.45) is 0 Å². The highest BCUT2D eigenvalue weighted by atomic mass is 19.4. The van der Waals surface area contributed by atoms with Crippen LogP contribution in [0.4, 0.5) is 36.6 Å². The lowest BCUT2D eigenvalue weighted by atomic mass is 9.91. The molecule has 1 aliphatic rings. The summed E-state index contributed by atoms with van der Waals surface area (Å²) in [6.07, 6.45) is -8.56. The van der Waals surface area contributed by atoms with Crippen molar-refractivity contribution < 1.29 is 35.8 Å². The molecule has 1 aromatic carbocycles. The van der Waals surface area contributed by atoms with E-state index in [1.165, 1.54) is 6.07 Å². The lowest BCUT2D eigenvalue weighted by Gasteiger charge is -2.30. The quantitative estimate of drug-likeness (QED) is 0.754. The largest absolute Gasteiger partial charge is 0.417 e. The Balaban J connectivity index is 1.96. The van der Waals surface area contributed by atoms with Gasteiger partial charge < -0.3 is 10.4 Å². The van der Waals surface area contributed by atoms with Crippen LogP contribution in [0.15, 0.2) is 30.5 Å². The number of alkyl halides is 6. The predicted molar refractivity (Wildman–Crippen MR) is 81.3 cm³/mol. The van der Waals surface area contributed by atoms with E-state index in [1.54, 1.807) is 0 Å². The molecule has 146 valence electrons. The summed E-state index contributed by atoms with van der Waals surface area (Å²) in [5.41, 5.74) is -2.83. The first-order valence-electron chi connectivity index (χ1n) is 7.79. The van der Waals surface area contributed by atoms with E-state index in [0.29, 0.717) is 17.3 Å². The summed E-state index contributed by atoms with van der Waals surface area (Å²) >= 11 is 0. The molecule has 2 aromatic rings. The molecule has 0 bridgehead atoms. The minimum Gasteiger partial charge on any atom is -0.394 e. The minimum atomic E-state index is -4.77. The third-order valence-corrected chi connectivity index (χ3v) is 4.57. The molecular weight excluding hydrogens is 381 g/mol. The van der Waals surface area contributed by atoms with Crippen molar-refractivity contribution in [3.05, 3.63) is 58.5 Å². The molecule has 1 aromatic heterocycles. The number of hydrogen-bond donors (Lipinski definition) is 2. The second-order valence-corrected chi connectivity index (χ2v) is 6.29. The third kappa shape index (κ3) is 3.58. The van der Waals surface area contributed by atoms with Gasteiger partial charge in [0.05, 0.1) is 23.3 Å². The number of aryl methyl sites for hydroxylation is 1. The number of nitrogens with zero attached hydrogens (tertiary/aromatic N) is 1. The maximum Gasteiger partial charge on any atom is 0.417 e. The number of rotatable bonds is 3. The molecule has 0 saturated heterocycles. The number of pyridine rings is 1. The highest BCUT2D eigenvalue weighted by Gasteiger charge is 2.41. The van der Waals surface area contributed by atoms with Crippen LogP contribution < -0.4 is 5.32 Å². The highest BCUT2D eigenvalue weighted by Crippen LogP contribution is 2.42. The van der Waals surface area contributed by atoms with E-state index in [9.17, 15) is 35.8 Å². The molecule has 0 amide bonds. The van der Waals surface area contributed by atoms with Crippen molar-refractivity contribution in [3.8, 4) is 0 Å². The summed E-state index contributed by atoms with van der Waals surface area (Å²) in [7, 11) is 0. The Kier molecular flexibility index (Phi) is 4.57.